The van der Waals surface area contributed by atoms with Gasteiger partial charge in [0.1, 0.15) is 11.5 Å². The van der Waals surface area contributed by atoms with Crippen molar-refractivity contribution < 1.29 is 18.0 Å². The van der Waals surface area contributed by atoms with Crippen LogP contribution in [0.4, 0.5) is 24.7 Å². The molecule has 0 spiro atoms. The van der Waals surface area contributed by atoms with E-state index in [1.807, 2.05) is 0 Å². The Kier molecular flexibility index (Phi) is 3.94. The molecule has 0 bridgehead atoms. The van der Waals surface area contributed by atoms with Gasteiger partial charge in [-0.2, -0.15) is 13.2 Å². The van der Waals surface area contributed by atoms with E-state index in [0.29, 0.717) is 11.9 Å². The van der Waals surface area contributed by atoms with E-state index < -0.39 is 17.6 Å². The van der Waals surface area contributed by atoms with Crippen LogP contribution in [0.2, 0.25) is 0 Å². The van der Waals surface area contributed by atoms with E-state index >= 15 is 0 Å². The molecule has 7 heteroatoms. The number of carbonyl (C=O) groups excluding carboxylic acids is 1. The molecule has 1 aromatic heterocycles. The molecule has 23 heavy (non-hydrogen) atoms. The summed E-state index contributed by atoms with van der Waals surface area (Å²) in [6.07, 6.45) is -2.22. The summed E-state index contributed by atoms with van der Waals surface area (Å²) in [6, 6.07) is 9.72. The van der Waals surface area contributed by atoms with Gasteiger partial charge in [-0.15, -0.1) is 0 Å². The van der Waals surface area contributed by atoms with Crippen molar-refractivity contribution in [2.75, 3.05) is 10.6 Å². The van der Waals surface area contributed by atoms with Crippen LogP contribution in [0.3, 0.4) is 0 Å². The summed E-state index contributed by atoms with van der Waals surface area (Å²) in [5, 5.41) is 5.72. The summed E-state index contributed by atoms with van der Waals surface area (Å²) < 4.78 is 37.5. The molecule has 3 rings (SSSR count). The maximum Gasteiger partial charge on any atom is 0.416 e. The van der Waals surface area contributed by atoms with Gasteiger partial charge in [0.15, 0.2) is 0 Å². The standard InChI is InChI=1S/C16H14F3N3O/c17-16(18,19)10-4-6-12(7-5-10)21-15(23)13-2-1-3-14(22-13)20-11-8-9-11/h1-7,11H,8-9H2,(H,20,22)(H,21,23). The Morgan fingerprint density at radius 2 is 1.78 bits per heavy atom. The van der Waals surface area contributed by atoms with Crippen LogP contribution in [0, 0.1) is 0 Å². The van der Waals surface area contributed by atoms with Crippen molar-refractivity contribution in [3.63, 3.8) is 0 Å². The maximum absolute atomic E-state index is 12.5. The van der Waals surface area contributed by atoms with Crippen LogP contribution in [0.25, 0.3) is 0 Å². The summed E-state index contributed by atoms with van der Waals surface area (Å²) in [5.41, 5.74) is -0.273. The van der Waals surface area contributed by atoms with Gasteiger partial charge in [-0.05, 0) is 49.2 Å². The highest BCUT2D eigenvalue weighted by molar-refractivity contribution is 6.03. The van der Waals surface area contributed by atoms with Gasteiger partial charge in [0.05, 0.1) is 5.56 Å². The Morgan fingerprint density at radius 1 is 1.09 bits per heavy atom. The summed E-state index contributed by atoms with van der Waals surface area (Å²) in [5.74, 6) is 0.150. The predicted molar refractivity (Wildman–Crippen MR) is 80.3 cm³/mol. The largest absolute Gasteiger partial charge is 0.416 e. The molecule has 1 heterocycles. The number of carbonyl (C=O) groups is 1. The fourth-order valence-corrected chi connectivity index (χ4v) is 2.02. The number of halogens is 3. The van der Waals surface area contributed by atoms with Gasteiger partial charge in [0.2, 0.25) is 0 Å². The number of alkyl halides is 3. The van der Waals surface area contributed by atoms with Crippen molar-refractivity contribution in [1.29, 1.82) is 0 Å². The number of hydrogen-bond acceptors (Lipinski definition) is 3. The quantitative estimate of drug-likeness (QED) is 0.897. The van der Waals surface area contributed by atoms with Crippen LogP contribution in [-0.2, 0) is 6.18 Å². The van der Waals surface area contributed by atoms with Gasteiger partial charge in [0.25, 0.3) is 5.91 Å². The lowest BCUT2D eigenvalue weighted by Gasteiger charge is -2.09. The van der Waals surface area contributed by atoms with E-state index in [1.54, 1.807) is 18.2 Å². The van der Waals surface area contributed by atoms with Crippen molar-refractivity contribution in [2.45, 2.75) is 25.1 Å². The van der Waals surface area contributed by atoms with Crippen molar-refractivity contribution in [3.8, 4) is 0 Å². The molecule has 0 aliphatic heterocycles. The molecule has 1 aliphatic carbocycles. The highest BCUT2D eigenvalue weighted by Crippen LogP contribution is 2.30. The highest BCUT2D eigenvalue weighted by atomic mass is 19.4. The molecule has 0 saturated heterocycles. The second-order valence-corrected chi connectivity index (χ2v) is 5.36. The molecule has 4 nitrogen and oxygen atoms in total. The van der Waals surface area contributed by atoms with Gasteiger partial charge < -0.3 is 10.6 Å². The van der Waals surface area contributed by atoms with Crippen molar-refractivity contribution in [3.05, 3.63) is 53.7 Å². The smallest absolute Gasteiger partial charge is 0.367 e. The maximum atomic E-state index is 12.5. The van der Waals surface area contributed by atoms with Gasteiger partial charge in [-0.1, -0.05) is 6.07 Å². The van der Waals surface area contributed by atoms with Gasteiger partial charge in [0, 0.05) is 11.7 Å². The Bertz CT molecular complexity index is 709. The number of hydrogen-bond donors (Lipinski definition) is 2. The Hall–Kier alpha value is -2.57. The lowest BCUT2D eigenvalue weighted by Crippen LogP contribution is -2.15. The van der Waals surface area contributed by atoms with E-state index in [2.05, 4.69) is 15.6 Å². The fraction of sp³-hybridized carbons (Fsp3) is 0.250. The monoisotopic (exact) mass is 321 g/mol. The van der Waals surface area contributed by atoms with Crippen LogP contribution in [0.15, 0.2) is 42.5 Å². The molecule has 120 valence electrons. The summed E-state index contributed by atoms with van der Waals surface area (Å²) >= 11 is 0. The Balaban J connectivity index is 1.68. The van der Waals surface area contributed by atoms with E-state index in [1.165, 1.54) is 12.1 Å². The third-order valence-electron chi connectivity index (χ3n) is 3.38. The zero-order chi connectivity index (χ0) is 16.4. The van der Waals surface area contributed by atoms with Crippen molar-refractivity contribution in [1.82, 2.24) is 4.98 Å². The summed E-state index contributed by atoms with van der Waals surface area (Å²) in [6.45, 7) is 0. The van der Waals surface area contributed by atoms with Gasteiger partial charge >= 0.3 is 6.18 Å². The first-order valence-electron chi connectivity index (χ1n) is 7.14. The SMILES string of the molecule is O=C(Nc1ccc(C(F)(F)F)cc1)c1cccc(NC2CC2)n1. The van der Waals surface area contributed by atoms with E-state index in [-0.39, 0.29) is 11.4 Å². The minimum absolute atomic E-state index is 0.204. The van der Waals surface area contributed by atoms with Crippen LogP contribution in [0.5, 0.6) is 0 Å². The average molecular weight is 321 g/mol. The van der Waals surface area contributed by atoms with Crippen molar-refractivity contribution in [2.24, 2.45) is 0 Å². The summed E-state index contributed by atoms with van der Waals surface area (Å²) in [4.78, 5) is 16.3. The molecule has 1 saturated carbocycles. The lowest BCUT2D eigenvalue weighted by atomic mass is 10.2. The summed E-state index contributed by atoms with van der Waals surface area (Å²) in [7, 11) is 0. The lowest BCUT2D eigenvalue weighted by molar-refractivity contribution is -0.137. The molecule has 1 aliphatic rings. The van der Waals surface area contributed by atoms with Crippen LogP contribution in [0.1, 0.15) is 28.9 Å². The molecule has 0 atom stereocenters. The van der Waals surface area contributed by atoms with E-state index in [9.17, 15) is 18.0 Å². The second kappa shape index (κ2) is 5.91. The first-order chi connectivity index (χ1) is 10.9. The van der Waals surface area contributed by atoms with Crippen LogP contribution in [-0.4, -0.2) is 16.9 Å². The molecular formula is C16H14F3N3O. The molecule has 2 aromatic rings. The van der Waals surface area contributed by atoms with E-state index in [0.717, 1.165) is 25.0 Å². The van der Waals surface area contributed by atoms with Crippen LogP contribution < -0.4 is 10.6 Å². The number of aromatic nitrogens is 1. The van der Waals surface area contributed by atoms with Gasteiger partial charge in [-0.25, -0.2) is 4.98 Å². The number of amides is 1. The highest BCUT2D eigenvalue weighted by Gasteiger charge is 2.30. The number of rotatable bonds is 4. The molecule has 0 radical (unpaired) electrons. The molecule has 1 amide bonds. The average Bonchev–Trinajstić information content (AvgIpc) is 3.31. The number of nitrogens with one attached hydrogen (secondary N) is 2. The first-order valence-corrected chi connectivity index (χ1v) is 7.14. The Labute approximate surface area is 130 Å². The number of pyridine rings is 1. The first kappa shape index (κ1) is 15.3. The number of benzene rings is 1. The molecular weight excluding hydrogens is 307 g/mol. The van der Waals surface area contributed by atoms with Crippen LogP contribution >= 0.6 is 0 Å². The van der Waals surface area contributed by atoms with Crippen molar-refractivity contribution >= 4 is 17.4 Å². The third-order valence-corrected chi connectivity index (χ3v) is 3.38. The Morgan fingerprint density at radius 3 is 2.39 bits per heavy atom. The normalized spacial score (nSPS) is 14.4. The third kappa shape index (κ3) is 4.00. The fourth-order valence-electron chi connectivity index (χ4n) is 2.02. The van der Waals surface area contributed by atoms with Gasteiger partial charge in [-0.3, -0.25) is 4.79 Å². The molecule has 2 N–H and O–H groups in total. The predicted octanol–water partition coefficient (Wildman–Crippen LogP) is 3.93. The topological polar surface area (TPSA) is 54.0 Å². The van der Waals surface area contributed by atoms with E-state index in [4.69, 9.17) is 0 Å². The number of nitrogens with zero attached hydrogens (tertiary/aromatic N) is 1. The zero-order valence-electron chi connectivity index (χ0n) is 12.0. The molecule has 0 unspecified atom stereocenters. The zero-order valence-corrected chi connectivity index (χ0v) is 12.0. The number of anilines is 2. The minimum atomic E-state index is -4.40. The molecule has 1 aromatic carbocycles. The minimum Gasteiger partial charge on any atom is -0.367 e. The second-order valence-electron chi connectivity index (χ2n) is 5.36. The molecule has 1 fully saturated rings.